The maximum absolute atomic E-state index is 13.1. The third kappa shape index (κ3) is 5.70. The Morgan fingerprint density at radius 3 is 2.32 bits per heavy atom. The molecule has 4 aromatic rings. The summed E-state index contributed by atoms with van der Waals surface area (Å²) < 4.78 is 13.1. The fourth-order valence-corrected chi connectivity index (χ4v) is 3.60. The molecule has 0 aliphatic carbocycles. The molecule has 0 spiro atoms. The van der Waals surface area contributed by atoms with E-state index in [1.165, 1.54) is 12.1 Å². The summed E-state index contributed by atoms with van der Waals surface area (Å²) in [4.78, 5) is 1.68. The molecule has 1 N–H and O–H groups in total. The Morgan fingerprint density at radius 2 is 1.58 bits per heavy atom. The van der Waals surface area contributed by atoms with Gasteiger partial charge in [-0.2, -0.15) is 15.0 Å². The molecule has 4 rings (SSSR count). The third-order valence-electron chi connectivity index (χ3n) is 4.88. The van der Waals surface area contributed by atoms with Crippen molar-refractivity contribution in [1.82, 2.24) is 20.3 Å². The highest BCUT2D eigenvalue weighted by Crippen LogP contribution is 2.24. The van der Waals surface area contributed by atoms with Crippen molar-refractivity contribution in [3.63, 3.8) is 0 Å². The lowest BCUT2D eigenvalue weighted by molar-refractivity contribution is 0.576. The monoisotopic (exact) mass is 454 g/mol. The van der Waals surface area contributed by atoms with Gasteiger partial charge in [-0.3, -0.25) is 0 Å². The minimum Gasteiger partial charge on any atom is -0.311 e. The number of nitrogens with one attached hydrogen (secondary N) is 1. The molecule has 0 atom stereocenters. The molecule has 0 aliphatic heterocycles. The second-order valence-electron chi connectivity index (χ2n) is 7.19. The predicted octanol–water partition coefficient (Wildman–Crippen LogP) is 5.77. The lowest BCUT2D eigenvalue weighted by atomic mass is 10.1. The van der Waals surface area contributed by atoms with Gasteiger partial charge in [0.15, 0.2) is 0 Å². The first-order valence-electron chi connectivity index (χ1n) is 9.97. The van der Waals surface area contributed by atoms with Crippen molar-refractivity contribution < 1.29 is 4.39 Å². The highest BCUT2D eigenvalue weighted by molar-refractivity contribution is 6.42. The molecule has 1 heterocycles. The van der Waals surface area contributed by atoms with Gasteiger partial charge in [-0.05, 0) is 48.4 Å². The van der Waals surface area contributed by atoms with Crippen LogP contribution in [0.25, 0.3) is 11.3 Å². The summed E-state index contributed by atoms with van der Waals surface area (Å²) in [5.41, 5.74) is 4.78. The number of nitrogens with zero attached hydrogens (tertiary/aromatic N) is 3. The molecular formula is C24H21Cl2FN4. The Balaban J connectivity index is 1.48. The van der Waals surface area contributed by atoms with Crippen LogP contribution in [-0.2, 0) is 19.5 Å². The quantitative estimate of drug-likeness (QED) is 0.343. The van der Waals surface area contributed by atoms with E-state index in [-0.39, 0.29) is 5.82 Å². The topological polar surface area (TPSA) is 42.7 Å². The van der Waals surface area contributed by atoms with Crippen LogP contribution in [0.15, 0.2) is 72.8 Å². The zero-order chi connectivity index (χ0) is 21.6. The molecule has 0 unspecified atom stereocenters. The Bertz CT molecular complexity index is 1140. The summed E-state index contributed by atoms with van der Waals surface area (Å²) in [6, 6.07) is 22.1. The number of benzene rings is 3. The molecule has 0 saturated heterocycles. The largest absolute Gasteiger partial charge is 0.311 e. The fraction of sp³-hybridized carbons (Fsp3) is 0.167. The standard InChI is InChI=1S/C24H21Cl2FN4/c25-21-11-8-18(14-22(21)26)16-31-29-23(24(30-31)19-4-2-1-3-5-19)15-28-13-12-17-6-9-20(27)10-7-17/h1-11,14,28H,12-13,15-16H2. The van der Waals surface area contributed by atoms with Crippen molar-refractivity contribution in [3.8, 4) is 11.3 Å². The van der Waals surface area contributed by atoms with Crippen molar-refractivity contribution >= 4 is 23.2 Å². The zero-order valence-corrected chi connectivity index (χ0v) is 18.2. The van der Waals surface area contributed by atoms with Crippen LogP contribution >= 0.6 is 23.2 Å². The lowest BCUT2D eigenvalue weighted by Gasteiger charge is -2.05. The normalized spacial score (nSPS) is 11.1. The van der Waals surface area contributed by atoms with Crippen molar-refractivity contribution in [1.29, 1.82) is 0 Å². The SMILES string of the molecule is Fc1ccc(CCNCc2nn(Cc3ccc(Cl)c(Cl)c3)nc2-c2ccccc2)cc1. The summed E-state index contributed by atoms with van der Waals surface area (Å²) >= 11 is 12.2. The van der Waals surface area contributed by atoms with Gasteiger partial charge in [0.25, 0.3) is 0 Å². The van der Waals surface area contributed by atoms with E-state index in [1.54, 1.807) is 23.0 Å². The van der Waals surface area contributed by atoms with Crippen LogP contribution in [0.1, 0.15) is 16.8 Å². The maximum atomic E-state index is 13.1. The molecule has 4 nitrogen and oxygen atoms in total. The van der Waals surface area contributed by atoms with Crippen LogP contribution in [0.3, 0.4) is 0 Å². The molecular weight excluding hydrogens is 434 g/mol. The molecule has 0 aliphatic rings. The van der Waals surface area contributed by atoms with E-state index < -0.39 is 0 Å². The van der Waals surface area contributed by atoms with Crippen LogP contribution in [0.5, 0.6) is 0 Å². The van der Waals surface area contributed by atoms with Crippen molar-refractivity contribution in [2.24, 2.45) is 0 Å². The van der Waals surface area contributed by atoms with E-state index in [0.717, 1.165) is 41.0 Å². The van der Waals surface area contributed by atoms with Crippen LogP contribution in [0, 0.1) is 5.82 Å². The number of rotatable bonds is 8. The van der Waals surface area contributed by atoms with Gasteiger partial charge >= 0.3 is 0 Å². The number of halogens is 3. The Hall–Kier alpha value is -2.73. The Morgan fingerprint density at radius 1 is 0.839 bits per heavy atom. The van der Waals surface area contributed by atoms with Gasteiger partial charge in [0.05, 0.1) is 16.6 Å². The number of hydrogen-bond acceptors (Lipinski definition) is 3. The molecule has 0 bridgehead atoms. The van der Waals surface area contributed by atoms with Gasteiger partial charge in [-0.15, -0.1) is 0 Å². The molecule has 1 aromatic heterocycles. The summed E-state index contributed by atoms with van der Waals surface area (Å²) in [5, 5.41) is 13.9. The second kappa shape index (κ2) is 10.1. The summed E-state index contributed by atoms with van der Waals surface area (Å²) in [5.74, 6) is -0.220. The van der Waals surface area contributed by atoms with Gasteiger partial charge in [0.1, 0.15) is 17.2 Å². The number of aromatic nitrogens is 3. The highest BCUT2D eigenvalue weighted by atomic mass is 35.5. The van der Waals surface area contributed by atoms with Gasteiger partial charge in [-0.1, -0.05) is 71.7 Å². The van der Waals surface area contributed by atoms with Crippen LogP contribution in [0.4, 0.5) is 4.39 Å². The van der Waals surface area contributed by atoms with Crippen LogP contribution < -0.4 is 5.32 Å². The van der Waals surface area contributed by atoms with Crippen LogP contribution in [-0.4, -0.2) is 21.5 Å². The highest BCUT2D eigenvalue weighted by Gasteiger charge is 2.13. The average molecular weight is 455 g/mol. The third-order valence-corrected chi connectivity index (χ3v) is 5.62. The first-order chi connectivity index (χ1) is 15.1. The van der Waals surface area contributed by atoms with E-state index in [0.29, 0.717) is 23.1 Å². The average Bonchev–Trinajstić information content (AvgIpc) is 3.18. The molecule has 0 amide bonds. The zero-order valence-electron chi connectivity index (χ0n) is 16.7. The van der Waals surface area contributed by atoms with Crippen molar-refractivity contribution in [2.75, 3.05) is 6.54 Å². The maximum Gasteiger partial charge on any atom is 0.123 e. The van der Waals surface area contributed by atoms with Gasteiger partial charge in [0.2, 0.25) is 0 Å². The molecule has 7 heteroatoms. The molecule has 3 aromatic carbocycles. The smallest absolute Gasteiger partial charge is 0.123 e. The minimum absolute atomic E-state index is 0.220. The summed E-state index contributed by atoms with van der Waals surface area (Å²) in [6.07, 6.45) is 0.804. The van der Waals surface area contributed by atoms with Crippen molar-refractivity contribution in [2.45, 2.75) is 19.5 Å². The molecule has 0 fully saturated rings. The number of hydrogen-bond donors (Lipinski definition) is 1. The lowest BCUT2D eigenvalue weighted by Crippen LogP contribution is -2.17. The van der Waals surface area contributed by atoms with E-state index in [1.807, 2.05) is 42.5 Å². The molecule has 0 radical (unpaired) electrons. The van der Waals surface area contributed by atoms with E-state index >= 15 is 0 Å². The fourth-order valence-electron chi connectivity index (χ4n) is 3.28. The summed E-state index contributed by atoms with van der Waals surface area (Å²) in [7, 11) is 0. The van der Waals surface area contributed by atoms with Crippen LogP contribution in [0.2, 0.25) is 10.0 Å². The Kier molecular flexibility index (Phi) is 6.97. The predicted molar refractivity (Wildman–Crippen MR) is 123 cm³/mol. The van der Waals surface area contributed by atoms with Gasteiger partial charge in [0, 0.05) is 12.1 Å². The first kappa shape index (κ1) is 21.5. The van der Waals surface area contributed by atoms with Gasteiger partial charge in [-0.25, -0.2) is 4.39 Å². The van der Waals surface area contributed by atoms with E-state index in [2.05, 4.69) is 5.32 Å². The molecule has 0 saturated carbocycles. The van der Waals surface area contributed by atoms with E-state index in [4.69, 9.17) is 33.4 Å². The Labute approximate surface area is 190 Å². The van der Waals surface area contributed by atoms with Crippen molar-refractivity contribution in [3.05, 3.63) is 105 Å². The minimum atomic E-state index is -0.220. The second-order valence-corrected chi connectivity index (χ2v) is 8.01. The van der Waals surface area contributed by atoms with E-state index in [9.17, 15) is 4.39 Å². The summed E-state index contributed by atoms with van der Waals surface area (Å²) in [6.45, 7) is 1.82. The first-order valence-corrected chi connectivity index (χ1v) is 10.7. The molecule has 31 heavy (non-hydrogen) atoms. The van der Waals surface area contributed by atoms with Gasteiger partial charge < -0.3 is 5.32 Å². The molecule has 158 valence electrons.